The van der Waals surface area contributed by atoms with E-state index in [1.54, 1.807) is 7.11 Å². The smallest absolute Gasteiger partial charge is 0.194 e. The number of carbonyl (C=O) groups is 1. The van der Waals surface area contributed by atoms with Crippen LogP contribution < -0.4 is 4.74 Å². The molecule has 5 rings (SSSR count). The lowest BCUT2D eigenvalue weighted by Gasteiger charge is -2.15. The first-order valence-electron chi connectivity index (χ1n) is 11.1. The number of carbonyl (C=O) groups excluding carboxylic acids is 1. The van der Waals surface area contributed by atoms with Crippen molar-refractivity contribution < 1.29 is 9.53 Å². The second kappa shape index (κ2) is 9.48. The molecule has 0 saturated heterocycles. The van der Waals surface area contributed by atoms with Crippen molar-refractivity contribution in [3.8, 4) is 28.7 Å². The summed E-state index contributed by atoms with van der Waals surface area (Å²) in [6, 6.07) is 37.2. The summed E-state index contributed by atoms with van der Waals surface area (Å²) < 4.78 is 5.35. The van der Waals surface area contributed by atoms with E-state index in [1.807, 2.05) is 109 Å². The molecule has 0 N–H and O–H groups in total. The fraction of sp³-hybridized carbons (Fsp3) is 0.0312. The van der Waals surface area contributed by atoms with Crippen molar-refractivity contribution in [3.05, 3.63) is 138 Å². The molecule has 0 spiro atoms. The lowest BCUT2D eigenvalue weighted by atomic mass is 9.87. The predicted molar refractivity (Wildman–Crippen MR) is 138 cm³/mol. The molecule has 162 valence electrons. The maximum Gasteiger partial charge on any atom is 0.194 e. The Labute approximate surface area is 199 Å². The SMILES string of the molecule is COc1ccc(-c2cc3ccccc3c(C(=O)c3ccccc3)c2C#Cc2ccccc2)cc1. The van der Waals surface area contributed by atoms with Gasteiger partial charge in [-0.2, -0.15) is 0 Å². The largest absolute Gasteiger partial charge is 0.497 e. The van der Waals surface area contributed by atoms with E-state index in [2.05, 4.69) is 17.9 Å². The fourth-order valence-electron chi connectivity index (χ4n) is 4.10. The molecule has 2 nitrogen and oxygen atoms in total. The lowest BCUT2D eigenvalue weighted by Crippen LogP contribution is -2.07. The standard InChI is InChI=1S/C32H22O2/c1-34-27-19-17-24(18-20-27)30-22-26-14-8-9-15-28(26)31(32(33)25-12-6-3-7-13-25)29(30)21-16-23-10-4-2-5-11-23/h2-15,17-20,22H,1H3. The molecule has 0 amide bonds. The molecule has 0 saturated carbocycles. The van der Waals surface area contributed by atoms with Crippen molar-refractivity contribution >= 4 is 16.6 Å². The molecule has 34 heavy (non-hydrogen) atoms. The third kappa shape index (κ3) is 4.20. The fourth-order valence-corrected chi connectivity index (χ4v) is 4.10. The molecule has 0 heterocycles. The average molecular weight is 439 g/mol. The summed E-state index contributed by atoms with van der Waals surface area (Å²) in [5.41, 5.74) is 4.78. The van der Waals surface area contributed by atoms with Gasteiger partial charge in [-0.05, 0) is 52.2 Å². The first kappa shape index (κ1) is 21.2. The van der Waals surface area contributed by atoms with Crippen molar-refractivity contribution in [1.82, 2.24) is 0 Å². The van der Waals surface area contributed by atoms with E-state index in [-0.39, 0.29) is 5.78 Å². The van der Waals surface area contributed by atoms with Gasteiger partial charge in [0, 0.05) is 22.3 Å². The molecule has 0 bridgehead atoms. The third-order valence-electron chi connectivity index (χ3n) is 5.82. The van der Waals surface area contributed by atoms with Gasteiger partial charge < -0.3 is 4.74 Å². The van der Waals surface area contributed by atoms with Crippen molar-refractivity contribution in [2.75, 3.05) is 7.11 Å². The number of hydrogen-bond donors (Lipinski definition) is 0. The van der Waals surface area contributed by atoms with Gasteiger partial charge in [0.15, 0.2) is 5.78 Å². The van der Waals surface area contributed by atoms with Gasteiger partial charge in [0.25, 0.3) is 0 Å². The minimum atomic E-state index is -0.0375. The molecule has 0 aromatic heterocycles. The normalized spacial score (nSPS) is 10.4. The van der Waals surface area contributed by atoms with Crippen molar-refractivity contribution in [1.29, 1.82) is 0 Å². The number of hydrogen-bond acceptors (Lipinski definition) is 2. The quantitative estimate of drug-likeness (QED) is 0.220. The Hall–Kier alpha value is -4.61. The van der Waals surface area contributed by atoms with Crippen LogP contribution in [0.5, 0.6) is 5.75 Å². The first-order chi connectivity index (χ1) is 16.7. The molecule has 0 aliphatic carbocycles. The summed E-state index contributed by atoms with van der Waals surface area (Å²) in [7, 11) is 1.65. The van der Waals surface area contributed by atoms with Crippen molar-refractivity contribution in [3.63, 3.8) is 0 Å². The zero-order valence-electron chi connectivity index (χ0n) is 18.8. The third-order valence-corrected chi connectivity index (χ3v) is 5.82. The van der Waals surface area contributed by atoms with Gasteiger partial charge in [-0.25, -0.2) is 0 Å². The maximum absolute atomic E-state index is 13.9. The number of fused-ring (bicyclic) bond motifs is 1. The Morgan fingerprint density at radius 2 is 1.35 bits per heavy atom. The highest BCUT2D eigenvalue weighted by Gasteiger charge is 2.20. The summed E-state index contributed by atoms with van der Waals surface area (Å²) in [6.07, 6.45) is 0. The lowest BCUT2D eigenvalue weighted by molar-refractivity contribution is 0.104. The van der Waals surface area contributed by atoms with E-state index in [0.29, 0.717) is 11.1 Å². The van der Waals surface area contributed by atoms with Crippen LogP contribution in [0.4, 0.5) is 0 Å². The molecule has 0 aliphatic rings. The van der Waals surface area contributed by atoms with Crippen LogP contribution in [0.3, 0.4) is 0 Å². The minimum Gasteiger partial charge on any atom is -0.497 e. The van der Waals surface area contributed by atoms with Crippen LogP contribution in [0.2, 0.25) is 0 Å². The van der Waals surface area contributed by atoms with Crippen LogP contribution >= 0.6 is 0 Å². The molecule has 0 radical (unpaired) electrons. The zero-order chi connectivity index (χ0) is 23.3. The van der Waals surface area contributed by atoms with Crippen molar-refractivity contribution in [2.24, 2.45) is 0 Å². The van der Waals surface area contributed by atoms with Gasteiger partial charge in [-0.15, -0.1) is 0 Å². The van der Waals surface area contributed by atoms with Crippen LogP contribution in [0, 0.1) is 11.8 Å². The number of methoxy groups -OCH3 is 1. The van der Waals surface area contributed by atoms with Gasteiger partial charge in [-0.1, -0.05) is 96.8 Å². The zero-order valence-corrected chi connectivity index (χ0v) is 18.8. The van der Waals surface area contributed by atoms with Crippen LogP contribution in [-0.4, -0.2) is 12.9 Å². The van der Waals surface area contributed by atoms with Gasteiger partial charge in [-0.3, -0.25) is 4.79 Å². The summed E-state index contributed by atoms with van der Waals surface area (Å²) in [4.78, 5) is 13.9. The Kier molecular flexibility index (Phi) is 5.93. The summed E-state index contributed by atoms with van der Waals surface area (Å²) in [5.74, 6) is 7.39. The second-order valence-electron chi connectivity index (χ2n) is 7.93. The van der Waals surface area contributed by atoms with Crippen LogP contribution in [0.1, 0.15) is 27.0 Å². The number of rotatable bonds is 4. The molecule has 0 aliphatic heterocycles. The Balaban J connectivity index is 1.83. The van der Waals surface area contributed by atoms with Gasteiger partial charge in [0.2, 0.25) is 0 Å². The van der Waals surface area contributed by atoms with E-state index >= 15 is 0 Å². The van der Waals surface area contributed by atoms with Crippen LogP contribution in [-0.2, 0) is 0 Å². The average Bonchev–Trinajstić information content (AvgIpc) is 2.92. The minimum absolute atomic E-state index is 0.0375. The monoisotopic (exact) mass is 438 g/mol. The van der Waals surface area contributed by atoms with Crippen LogP contribution in [0.25, 0.3) is 21.9 Å². The number of ketones is 1. The summed E-state index contributed by atoms with van der Waals surface area (Å²) >= 11 is 0. The maximum atomic E-state index is 13.9. The Morgan fingerprint density at radius 3 is 2.06 bits per heavy atom. The molecular weight excluding hydrogens is 416 g/mol. The molecular formula is C32H22O2. The van der Waals surface area contributed by atoms with E-state index in [9.17, 15) is 4.79 Å². The topological polar surface area (TPSA) is 26.3 Å². The Morgan fingerprint density at radius 1 is 0.706 bits per heavy atom. The molecule has 5 aromatic rings. The van der Waals surface area contributed by atoms with Crippen molar-refractivity contribution in [2.45, 2.75) is 0 Å². The number of ether oxygens (including phenoxy) is 1. The molecule has 0 unspecified atom stereocenters. The van der Waals surface area contributed by atoms with Gasteiger partial charge in [0.05, 0.1) is 7.11 Å². The van der Waals surface area contributed by atoms with E-state index < -0.39 is 0 Å². The molecule has 0 atom stereocenters. The van der Waals surface area contributed by atoms with Gasteiger partial charge in [0.1, 0.15) is 5.75 Å². The summed E-state index contributed by atoms with van der Waals surface area (Å²) in [5, 5.41) is 1.89. The van der Waals surface area contributed by atoms with E-state index in [4.69, 9.17) is 4.74 Å². The van der Waals surface area contributed by atoms with Gasteiger partial charge >= 0.3 is 0 Å². The predicted octanol–water partition coefficient (Wildman–Crippen LogP) is 7.15. The number of benzene rings is 5. The summed E-state index contributed by atoms with van der Waals surface area (Å²) in [6.45, 7) is 0. The highest BCUT2D eigenvalue weighted by molar-refractivity contribution is 6.19. The molecule has 0 fully saturated rings. The highest BCUT2D eigenvalue weighted by Crippen LogP contribution is 2.34. The highest BCUT2D eigenvalue weighted by atomic mass is 16.5. The first-order valence-corrected chi connectivity index (χ1v) is 11.1. The van der Waals surface area contributed by atoms with E-state index in [1.165, 1.54) is 0 Å². The molecule has 2 heteroatoms. The van der Waals surface area contributed by atoms with Crippen LogP contribution in [0.15, 0.2) is 115 Å². The molecule has 5 aromatic carbocycles. The van der Waals surface area contributed by atoms with E-state index in [0.717, 1.165) is 38.8 Å². The Bertz CT molecular complexity index is 1520. The second-order valence-corrected chi connectivity index (χ2v) is 7.93.